The van der Waals surface area contributed by atoms with Crippen molar-refractivity contribution in [3.05, 3.63) is 46.2 Å². The molecule has 2 aromatic rings. The SMILES string of the molecule is CCOC(Cc1cc(C)c(OCCc2nc(C(C)(C)C)oc2C)c(C)c1)C(=O)O. The van der Waals surface area contributed by atoms with Gasteiger partial charge in [0.25, 0.3) is 0 Å². The van der Waals surface area contributed by atoms with E-state index in [1.807, 2.05) is 32.9 Å². The standard InChI is InChI=1S/C23H33NO5/c1-8-27-19(21(25)26)13-17-11-14(2)20(15(3)12-17)28-10-9-18-16(4)29-22(24-18)23(5,6)7/h11-12,19H,8-10,13H2,1-7H3,(H,25,26). The third-order valence-electron chi connectivity index (χ3n) is 4.70. The molecule has 0 aliphatic heterocycles. The van der Waals surface area contributed by atoms with Crippen molar-refractivity contribution in [1.82, 2.24) is 4.98 Å². The van der Waals surface area contributed by atoms with Crippen LogP contribution in [0.5, 0.6) is 5.75 Å². The Morgan fingerprint density at radius 3 is 2.31 bits per heavy atom. The Kier molecular flexibility index (Phi) is 7.47. The number of oxazole rings is 1. The van der Waals surface area contributed by atoms with Crippen LogP contribution in [-0.2, 0) is 27.8 Å². The summed E-state index contributed by atoms with van der Waals surface area (Å²) >= 11 is 0. The summed E-state index contributed by atoms with van der Waals surface area (Å²) in [6.07, 6.45) is 0.161. The van der Waals surface area contributed by atoms with Crippen molar-refractivity contribution >= 4 is 5.97 Å². The maximum atomic E-state index is 11.3. The number of carboxylic acid groups (broad SMARTS) is 1. The van der Waals surface area contributed by atoms with Crippen LogP contribution in [0.15, 0.2) is 16.5 Å². The Hall–Kier alpha value is -2.34. The van der Waals surface area contributed by atoms with Crippen LogP contribution in [0.4, 0.5) is 0 Å². The van der Waals surface area contributed by atoms with E-state index in [4.69, 9.17) is 13.9 Å². The number of benzene rings is 1. The highest BCUT2D eigenvalue weighted by molar-refractivity contribution is 5.72. The van der Waals surface area contributed by atoms with Crippen LogP contribution in [0, 0.1) is 20.8 Å². The zero-order valence-corrected chi connectivity index (χ0v) is 18.6. The number of carboxylic acids is 1. The lowest BCUT2D eigenvalue weighted by Gasteiger charge is -2.16. The molecule has 6 heteroatoms. The first-order valence-electron chi connectivity index (χ1n) is 10.1. The molecule has 1 heterocycles. The van der Waals surface area contributed by atoms with E-state index in [0.717, 1.165) is 39.8 Å². The van der Waals surface area contributed by atoms with E-state index in [1.54, 1.807) is 6.92 Å². The van der Waals surface area contributed by atoms with Gasteiger partial charge >= 0.3 is 5.97 Å². The van der Waals surface area contributed by atoms with Crippen molar-refractivity contribution in [1.29, 1.82) is 0 Å². The maximum Gasteiger partial charge on any atom is 0.333 e. The number of nitrogens with zero attached hydrogens (tertiary/aromatic N) is 1. The first kappa shape index (κ1) is 22.9. The van der Waals surface area contributed by atoms with Crippen molar-refractivity contribution in [2.24, 2.45) is 0 Å². The number of hydrogen-bond acceptors (Lipinski definition) is 5. The molecule has 1 N–H and O–H groups in total. The Morgan fingerprint density at radius 1 is 1.21 bits per heavy atom. The average Bonchev–Trinajstić information content (AvgIpc) is 2.98. The summed E-state index contributed by atoms with van der Waals surface area (Å²) in [4.78, 5) is 16.0. The maximum absolute atomic E-state index is 11.3. The summed E-state index contributed by atoms with van der Waals surface area (Å²) in [5.41, 5.74) is 3.68. The summed E-state index contributed by atoms with van der Waals surface area (Å²) in [6, 6.07) is 3.94. The highest BCUT2D eigenvalue weighted by atomic mass is 16.5. The second-order valence-electron chi connectivity index (χ2n) is 8.42. The third-order valence-corrected chi connectivity index (χ3v) is 4.70. The summed E-state index contributed by atoms with van der Waals surface area (Å²) in [5, 5.41) is 9.29. The van der Waals surface area contributed by atoms with E-state index < -0.39 is 12.1 Å². The first-order valence-corrected chi connectivity index (χ1v) is 10.1. The van der Waals surface area contributed by atoms with Crippen molar-refractivity contribution in [2.45, 2.75) is 72.8 Å². The Morgan fingerprint density at radius 2 is 1.83 bits per heavy atom. The van der Waals surface area contributed by atoms with Crippen LogP contribution in [0.1, 0.15) is 61.7 Å². The van der Waals surface area contributed by atoms with Gasteiger partial charge in [-0.2, -0.15) is 0 Å². The molecule has 29 heavy (non-hydrogen) atoms. The number of hydrogen-bond donors (Lipinski definition) is 1. The van der Waals surface area contributed by atoms with Crippen LogP contribution in [0.3, 0.4) is 0 Å². The number of aliphatic carboxylic acids is 1. The van der Waals surface area contributed by atoms with Gasteiger partial charge in [-0.05, 0) is 44.4 Å². The lowest BCUT2D eigenvalue weighted by atomic mass is 9.97. The van der Waals surface area contributed by atoms with Crippen LogP contribution < -0.4 is 4.74 Å². The fourth-order valence-electron chi connectivity index (χ4n) is 3.25. The lowest BCUT2D eigenvalue weighted by Crippen LogP contribution is -2.26. The number of aryl methyl sites for hydroxylation is 3. The molecule has 1 unspecified atom stereocenters. The summed E-state index contributed by atoms with van der Waals surface area (Å²) in [6.45, 7) is 14.8. The molecular formula is C23H33NO5. The normalized spacial score (nSPS) is 12.8. The predicted octanol–water partition coefficient (Wildman–Crippen LogP) is 4.55. The fraction of sp³-hybridized carbons (Fsp3) is 0.565. The van der Waals surface area contributed by atoms with E-state index in [1.165, 1.54) is 0 Å². The zero-order valence-electron chi connectivity index (χ0n) is 18.6. The van der Waals surface area contributed by atoms with Gasteiger partial charge in [-0.25, -0.2) is 9.78 Å². The van der Waals surface area contributed by atoms with Crippen molar-refractivity contribution in [3.63, 3.8) is 0 Å². The summed E-state index contributed by atoms with van der Waals surface area (Å²) in [7, 11) is 0. The highest BCUT2D eigenvalue weighted by Crippen LogP contribution is 2.27. The molecule has 0 amide bonds. The quantitative estimate of drug-likeness (QED) is 0.661. The average molecular weight is 404 g/mol. The molecule has 0 aliphatic carbocycles. The summed E-state index contributed by atoms with van der Waals surface area (Å²) < 4.78 is 17.2. The van der Waals surface area contributed by atoms with Crippen molar-refractivity contribution in [2.75, 3.05) is 13.2 Å². The van der Waals surface area contributed by atoms with Crippen LogP contribution in [0.25, 0.3) is 0 Å². The van der Waals surface area contributed by atoms with Crippen LogP contribution in [0.2, 0.25) is 0 Å². The molecule has 0 bridgehead atoms. The van der Waals surface area contributed by atoms with Gasteiger partial charge in [0.05, 0.1) is 12.3 Å². The van der Waals surface area contributed by atoms with Gasteiger partial charge in [0.1, 0.15) is 11.5 Å². The largest absolute Gasteiger partial charge is 0.493 e. The molecule has 160 valence electrons. The summed E-state index contributed by atoms with van der Waals surface area (Å²) in [5.74, 6) is 1.45. The van der Waals surface area contributed by atoms with Gasteiger partial charge in [-0.15, -0.1) is 0 Å². The molecule has 1 aromatic heterocycles. The van der Waals surface area contributed by atoms with E-state index >= 15 is 0 Å². The van der Waals surface area contributed by atoms with E-state index in [9.17, 15) is 9.90 Å². The molecule has 0 radical (unpaired) electrons. The monoisotopic (exact) mass is 403 g/mol. The lowest BCUT2D eigenvalue weighted by molar-refractivity contribution is -0.149. The molecular weight excluding hydrogens is 370 g/mol. The van der Waals surface area contributed by atoms with E-state index in [-0.39, 0.29) is 5.41 Å². The predicted molar refractivity (Wildman–Crippen MR) is 112 cm³/mol. The number of carbonyl (C=O) groups is 1. The smallest absolute Gasteiger partial charge is 0.333 e. The van der Waals surface area contributed by atoms with Crippen molar-refractivity contribution < 1.29 is 23.8 Å². The van der Waals surface area contributed by atoms with Gasteiger partial charge in [0.15, 0.2) is 12.0 Å². The van der Waals surface area contributed by atoms with E-state index in [0.29, 0.717) is 26.1 Å². The minimum absolute atomic E-state index is 0.123. The zero-order chi connectivity index (χ0) is 21.8. The molecule has 0 saturated heterocycles. The van der Waals surface area contributed by atoms with Gasteiger partial charge in [0, 0.05) is 24.9 Å². The first-order chi connectivity index (χ1) is 13.5. The number of ether oxygens (including phenoxy) is 2. The minimum Gasteiger partial charge on any atom is -0.493 e. The minimum atomic E-state index is -0.944. The molecule has 0 spiro atoms. The van der Waals surface area contributed by atoms with Gasteiger partial charge in [-0.1, -0.05) is 32.9 Å². The number of aromatic nitrogens is 1. The Balaban J connectivity index is 2.05. The molecule has 6 nitrogen and oxygen atoms in total. The fourth-order valence-corrected chi connectivity index (χ4v) is 3.25. The second-order valence-corrected chi connectivity index (χ2v) is 8.42. The molecule has 0 saturated carbocycles. The highest BCUT2D eigenvalue weighted by Gasteiger charge is 2.22. The van der Waals surface area contributed by atoms with Crippen molar-refractivity contribution in [3.8, 4) is 5.75 Å². The van der Waals surface area contributed by atoms with Crippen LogP contribution >= 0.6 is 0 Å². The van der Waals surface area contributed by atoms with Gasteiger partial charge in [0.2, 0.25) is 0 Å². The molecule has 0 fully saturated rings. The second kappa shape index (κ2) is 9.44. The third kappa shape index (κ3) is 6.07. The molecule has 1 atom stereocenters. The van der Waals surface area contributed by atoms with E-state index in [2.05, 4.69) is 25.8 Å². The Bertz CT molecular complexity index is 824. The van der Waals surface area contributed by atoms with Gasteiger partial charge < -0.3 is 19.0 Å². The van der Waals surface area contributed by atoms with Crippen LogP contribution in [-0.4, -0.2) is 35.4 Å². The number of rotatable bonds is 9. The topological polar surface area (TPSA) is 81.8 Å². The molecule has 1 aromatic carbocycles. The van der Waals surface area contributed by atoms with Gasteiger partial charge in [-0.3, -0.25) is 0 Å². The molecule has 2 rings (SSSR count). The Labute approximate surface area is 173 Å². The molecule has 0 aliphatic rings.